The highest BCUT2D eigenvalue weighted by Crippen LogP contribution is 2.45. The molecule has 0 unspecified atom stereocenters. The number of pyridine rings is 1. The smallest absolute Gasteiger partial charge is 0.226 e. The summed E-state index contributed by atoms with van der Waals surface area (Å²) in [5.74, 6) is -0.384. The molecule has 0 atom stereocenters. The number of amides is 1. The molecular weight excluding hydrogens is 485 g/mol. The lowest BCUT2D eigenvalue weighted by atomic mass is 10.0. The second-order valence-electron chi connectivity index (χ2n) is 8.27. The summed E-state index contributed by atoms with van der Waals surface area (Å²) in [6.07, 6.45) is 4.14. The number of benzene rings is 1. The van der Waals surface area contributed by atoms with Crippen molar-refractivity contribution in [1.82, 2.24) is 20.6 Å². The highest BCUT2D eigenvalue weighted by molar-refractivity contribution is 7.23. The Morgan fingerprint density at radius 2 is 2.11 bits per heavy atom. The van der Waals surface area contributed by atoms with Crippen LogP contribution in [0.4, 0.5) is 9.39 Å². The Hall–Kier alpha value is -2.76. The maximum Gasteiger partial charge on any atom is 0.226 e. The van der Waals surface area contributed by atoms with E-state index in [1.807, 2.05) is 18.2 Å². The lowest BCUT2D eigenvalue weighted by Crippen LogP contribution is -2.24. The molecule has 10 heteroatoms. The number of fused-ring (bicyclic) bond motifs is 2. The van der Waals surface area contributed by atoms with E-state index in [1.54, 1.807) is 36.0 Å². The summed E-state index contributed by atoms with van der Waals surface area (Å²) in [5.41, 5.74) is 4.79. The number of thiophene rings is 1. The van der Waals surface area contributed by atoms with Crippen molar-refractivity contribution in [2.24, 2.45) is 0 Å². The van der Waals surface area contributed by atoms with Gasteiger partial charge in [-0.05, 0) is 42.3 Å². The van der Waals surface area contributed by atoms with Crippen molar-refractivity contribution in [2.75, 3.05) is 38.7 Å². The van der Waals surface area contributed by atoms with Crippen LogP contribution in [0.15, 0.2) is 36.7 Å². The average Bonchev–Trinajstić information content (AvgIpc) is 3.43. The first-order valence-corrected chi connectivity index (χ1v) is 13.1. The van der Waals surface area contributed by atoms with Crippen LogP contribution in [0.25, 0.3) is 31.9 Å². The third-order valence-electron chi connectivity index (χ3n) is 5.83. The number of hydrogen-bond donors (Lipinski definition) is 3. The highest BCUT2D eigenvalue weighted by Gasteiger charge is 2.25. The summed E-state index contributed by atoms with van der Waals surface area (Å²) in [7, 11) is 1.66. The molecule has 1 aliphatic heterocycles. The van der Waals surface area contributed by atoms with Gasteiger partial charge in [0.2, 0.25) is 5.91 Å². The van der Waals surface area contributed by atoms with Crippen molar-refractivity contribution in [3.05, 3.63) is 52.9 Å². The number of anilines is 1. The molecule has 3 N–H and O–H groups in total. The first-order valence-electron chi connectivity index (χ1n) is 11.5. The number of hydrogen-bond acceptors (Lipinski definition) is 8. The summed E-state index contributed by atoms with van der Waals surface area (Å²) in [6, 6.07) is 7.40. The molecule has 1 aliphatic rings. The summed E-state index contributed by atoms with van der Waals surface area (Å²) < 4.78 is 19.7. The van der Waals surface area contributed by atoms with Crippen LogP contribution in [0.2, 0.25) is 0 Å². The topological polar surface area (TPSA) is 88.2 Å². The van der Waals surface area contributed by atoms with E-state index in [4.69, 9.17) is 9.72 Å². The van der Waals surface area contributed by atoms with Crippen molar-refractivity contribution < 1.29 is 13.9 Å². The lowest BCUT2D eigenvalue weighted by molar-refractivity contribution is -0.116. The van der Waals surface area contributed by atoms with Gasteiger partial charge in [0.15, 0.2) is 0 Å². The van der Waals surface area contributed by atoms with E-state index in [2.05, 4.69) is 20.9 Å². The number of aromatic nitrogens is 2. The van der Waals surface area contributed by atoms with Crippen molar-refractivity contribution in [1.29, 1.82) is 0 Å². The molecule has 4 aromatic rings. The van der Waals surface area contributed by atoms with Crippen LogP contribution < -0.4 is 16.0 Å². The SMILES string of the molecule is COCCNCCC(=O)Nc1sc2c(c1-c1nc3ccc(-c4cncc(F)c4)cc3s1)CCNC2. The molecule has 5 rings (SSSR count). The van der Waals surface area contributed by atoms with Crippen molar-refractivity contribution >= 4 is 43.8 Å². The minimum absolute atomic E-state index is 0.0234. The molecule has 0 saturated heterocycles. The number of rotatable bonds is 9. The summed E-state index contributed by atoms with van der Waals surface area (Å²) in [4.78, 5) is 22.8. The zero-order valence-corrected chi connectivity index (χ0v) is 21.0. The first-order chi connectivity index (χ1) is 17.1. The van der Waals surface area contributed by atoms with Gasteiger partial charge in [-0.1, -0.05) is 6.07 Å². The van der Waals surface area contributed by atoms with E-state index < -0.39 is 0 Å². The molecule has 0 saturated carbocycles. The van der Waals surface area contributed by atoms with Gasteiger partial charge in [0.25, 0.3) is 0 Å². The van der Waals surface area contributed by atoms with E-state index in [0.29, 0.717) is 26.1 Å². The van der Waals surface area contributed by atoms with E-state index in [-0.39, 0.29) is 11.7 Å². The van der Waals surface area contributed by atoms with Crippen molar-refractivity contribution in [3.63, 3.8) is 0 Å². The van der Waals surface area contributed by atoms with Gasteiger partial charge in [0.1, 0.15) is 15.8 Å². The molecule has 0 fully saturated rings. The van der Waals surface area contributed by atoms with Crippen LogP contribution in [0.5, 0.6) is 0 Å². The fourth-order valence-corrected chi connectivity index (χ4v) is 6.50. The second kappa shape index (κ2) is 10.9. The third-order valence-corrected chi connectivity index (χ3v) is 8.02. The second-order valence-corrected chi connectivity index (χ2v) is 10.4. The zero-order chi connectivity index (χ0) is 24.2. The molecule has 1 aromatic carbocycles. The van der Waals surface area contributed by atoms with Crippen molar-refractivity contribution in [3.8, 4) is 21.7 Å². The van der Waals surface area contributed by atoms with E-state index in [0.717, 1.165) is 56.4 Å². The molecule has 35 heavy (non-hydrogen) atoms. The van der Waals surface area contributed by atoms with E-state index >= 15 is 0 Å². The van der Waals surface area contributed by atoms with Gasteiger partial charge in [0, 0.05) is 55.4 Å². The fraction of sp³-hybridized carbons (Fsp3) is 0.320. The number of carbonyl (C=O) groups is 1. The monoisotopic (exact) mass is 511 g/mol. The number of halogens is 1. The fourth-order valence-electron chi connectivity index (χ4n) is 4.12. The quantitative estimate of drug-likeness (QED) is 0.288. The predicted molar refractivity (Wildman–Crippen MR) is 140 cm³/mol. The van der Waals surface area contributed by atoms with Crippen LogP contribution in [0.1, 0.15) is 16.9 Å². The number of nitrogens with one attached hydrogen (secondary N) is 3. The number of nitrogens with zero attached hydrogens (tertiary/aromatic N) is 2. The van der Waals surface area contributed by atoms with E-state index in [1.165, 1.54) is 22.7 Å². The van der Waals surface area contributed by atoms with Crippen LogP contribution >= 0.6 is 22.7 Å². The Kier molecular flexibility index (Phi) is 7.45. The largest absolute Gasteiger partial charge is 0.383 e. The van der Waals surface area contributed by atoms with Gasteiger partial charge >= 0.3 is 0 Å². The molecule has 182 valence electrons. The number of methoxy groups -OCH3 is 1. The van der Waals surface area contributed by atoms with Gasteiger partial charge < -0.3 is 20.7 Å². The molecule has 0 spiro atoms. The van der Waals surface area contributed by atoms with Crippen LogP contribution in [0.3, 0.4) is 0 Å². The Morgan fingerprint density at radius 3 is 2.97 bits per heavy atom. The number of carbonyl (C=O) groups excluding carboxylic acids is 1. The van der Waals surface area contributed by atoms with Gasteiger partial charge in [-0.3, -0.25) is 9.78 Å². The molecule has 7 nitrogen and oxygen atoms in total. The van der Waals surface area contributed by atoms with E-state index in [9.17, 15) is 9.18 Å². The van der Waals surface area contributed by atoms with Gasteiger partial charge in [0.05, 0.1) is 23.0 Å². The Balaban J connectivity index is 1.43. The maximum absolute atomic E-state index is 13.7. The minimum Gasteiger partial charge on any atom is -0.383 e. The first kappa shape index (κ1) is 24.0. The molecule has 1 amide bonds. The predicted octanol–water partition coefficient (Wildman–Crippen LogP) is 4.44. The standard InChI is InChI=1S/C25H26FN5O2S2/c1-33-9-8-27-7-5-22(32)31-25-23(18-4-6-28-14-21(18)35-25)24-30-19-3-2-15(11-20(19)34-24)16-10-17(26)13-29-12-16/h2-3,10-13,27-28H,4-9,14H2,1H3,(H,31,32). The van der Waals surface area contributed by atoms with Gasteiger partial charge in [-0.2, -0.15) is 0 Å². The van der Waals surface area contributed by atoms with Crippen LogP contribution in [-0.4, -0.2) is 49.2 Å². The van der Waals surface area contributed by atoms with Crippen LogP contribution in [0, 0.1) is 5.82 Å². The highest BCUT2D eigenvalue weighted by atomic mass is 32.1. The molecule has 3 aromatic heterocycles. The zero-order valence-electron chi connectivity index (χ0n) is 19.3. The summed E-state index contributed by atoms with van der Waals surface area (Å²) in [5, 5.41) is 11.5. The Morgan fingerprint density at radius 1 is 1.20 bits per heavy atom. The number of ether oxygens (including phenoxy) is 1. The minimum atomic E-state index is -0.361. The molecule has 0 radical (unpaired) electrons. The maximum atomic E-state index is 13.7. The molecule has 0 bridgehead atoms. The molecular formula is C25H26FN5O2S2. The average molecular weight is 512 g/mol. The molecule has 0 aliphatic carbocycles. The Labute approximate surface area is 210 Å². The summed E-state index contributed by atoms with van der Waals surface area (Å²) >= 11 is 3.22. The molecule has 4 heterocycles. The third kappa shape index (κ3) is 5.41. The normalized spacial score (nSPS) is 13.2. The number of thiazole rings is 1. The van der Waals surface area contributed by atoms with Gasteiger partial charge in [-0.25, -0.2) is 9.37 Å². The Bertz CT molecular complexity index is 1350. The lowest BCUT2D eigenvalue weighted by Gasteiger charge is -2.13. The van der Waals surface area contributed by atoms with Crippen molar-refractivity contribution in [2.45, 2.75) is 19.4 Å². The van der Waals surface area contributed by atoms with Gasteiger partial charge in [-0.15, -0.1) is 22.7 Å². The van der Waals surface area contributed by atoms with Crippen LogP contribution in [-0.2, 0) is 22.5 Å². The summed E-state index contributed by atoms with van der Waals surface area (Å²) in [6.45, 7) is 3.62.